The van der Waals surface area contributed by atoms with Gasteiger partial charge in [-0.1, -0.05) is 0 Å². The summed E-state index contributed by atoms with van der Waals surface area (Å²) in [5.74, 6) is 1.53. The van der Waals surface area contributed by atoms with Crippen molar-refractivity contribution >= 4 is 10.8 Å². The Kier molecular flexibility index (Phi) is 2.44. The van der Waals surface area contributed by atoms with E-state index in [1.807, 2.05) is 31.2 Å². The summed E-state index contributed by atoms with van der Waals surface area (Å²) in [6.07, 6.45) is 3.26. The molecule has 0 amide bonds. The summed E-state index contributed by atoms with van der Waals surface area (Å²) in [7, 11) is 1.66. The van der Waals surface area contributed by atoms with Gasteiger partial charge in [-0.15, -0.1) is 4.80 Å². The summed E-state index contributed by atoms with van der Waals surface area (Å²) in [6, 6.07) is 7.88. The molecule has 2 heterocycles. The smallest absolute Gasteiger partial charge is 0.175 e. The van der Waals surface area contributed by atoms with Crippen LogP contribution in [0.2, 0.25) is 0 Å². The average Bonchev–Trinajstić information content (AvgIpc) is 2.91. The molecule has 2 aromatic heterocycles. The Balaban J connectivity index is 2.24. The van der Waals surface area contributed by atoms with Crippen molar-refractivity contribution in [2.75, 3.05) is 7.11 Å². The van der Waals surface area contributed by atoms with Crippen molar-refractivity contribution in [3.63, 3.8) is 0 Å². The van der Waals surface area contributed by atoms with Crippen LogP contribution in [-0.2, 0) is 0 Å². The van der Waals surface area contributed by atoms with E-state index in [1.54, 1.807) is 19.5 Å². The lowest BCUT2D eigenvalue weighted by Gasteiger charge is -2.07. The number of methoxy groups -OCH3 is 1. The molecule has 0 fully saturated rings. The van der Waals surface area contributed by atoms with Crippen molar-refractivity contribution in [2.24, 2.45) is 0 Å². The Bertz CT molecular complexity index is 692. The van der Waals surface area contributed by atoms with Crippen LogP contribution in [0.25, 0.3) is 16.6 Å². The second kappa shape index (κ2) is 4.10. The number of hydrogen-bond acceptors (Lipinski definition) is 4. The zero-order valence-electron chi connectivity index (χ0n) is 10.2. The third kappa shape index (κ3) is 1.69. The summed E-state index contributed by atoms with van der Waals surface area (Å²) in [5.41, 5.74) is 0.947. The molecule has 0 bridgehead atoms. The van der Waals surface area contributed by atoms with Crippen LogP contribution in [0.1, 0.15) is 5.69 Å². The zero-order chi connectivity index (χ0) is 12.5. The number of aromatic nitrogens is 4. The van der Waals surface area contributed by atoms with Gasteiger partial charge in [0.2, 0.25) is 0 Å². The Labute approximate surface area is 104 Å². The molecular weight excluding hydrogens is 228 g/mol. The third-order valence-corrected chi connectivity index (χ3v) is 2.84. The van der Waals surface area contributed by atoms with Crippen LogP contribution in [0.4, 0.5) is 0 Å². The molecule has 0 aliphatic carbocycles. The van der Waals surface area contributed by atoms with Crippen LogP contribution in [0.15, 0.2) is 36.7 Å². The van der Waals surface area contributed by atoms with Crippen LogP contribution >= 0.6 is 0 Å². The van der Waals surface area contributed by atoms with Gasteiger partial charge in [0.25, 0.3) is 0 Å². The lowest BCUT2D eigenvalue weighted by atomic mass is 10.1. The molecule has 1 aromatic carbocycles. The van der Waals surface area contributed by atoms with Crippen molar-refractivity contribution < 1.29 is 4.74 Å². The van der Waals surface area contributed by atoms with Crippen LogP contribution in [0.3, 0.4) is 0 Å². The fourth-order valence-electron chi connectivity index (χ4n) is 1.96. The van der Waals surface area contributed by atoms with E-state index in [0.717, 1.165) is 22.2 Å². The number of rotatable bonds is 2. The van der Waals surface area contributed by atoms with Crippen molar-refractivity contribution in [1.29, 1.82) is 0 Å². The van der Waals surface area contributed by atoms with Crippen LogP contribution in [0.5, 0.6) is 5.75 Å². The second-order valence-electron chi connectivity index (χ2n) is 3.97. The number of fused-ring (bicyclic) bond motifs is 1. The Morgan fingerprint density at radius 2 is 1.89 bits per heavy atom. The maximum Gasteiger partial charge on any atom is 0.175 e. The van der Waals surface area contributed by atoms with Crippen molar-refractivity contribution in [3.8, 4) is 11.6 Å². The molecule has 0 N–H and O–H groups in total. The molecule has 18 heavy (non-hydrogen) atoms. The predicted molar refractivity (Wildman–Crippen MR) is 67.9 cm³/mol. The predicted octanol–water partition coefficient (Wildman–Crippen LogP) is 2.13. The normalized spacial score (nSPS) is 10.8. The lowest BCUT2D eigenvalue weighted by molar-refractivity contribution is 0.415. The van der Waals surface area contributed by atoms with Gasteiger partial charge >= 0.3 is 0 Å². The fourth-order valence-corrected chi connectivity index (χ4v) is 1.96. The highest BCUT2D eigenvalue weighted by Gasteiger charge is 2.06. The van der Waals surface area contributed by atoms with Gasteiger partial charge in [-0.25, -0.2) is 4.98 Å². The highest BCUT2D eigenvalue weighted by Crippen LogP contribution is 2.24. The summed E-state index contributed by atoms with van der Waals surface area (Å²) >= 11 is 0. The van der Waals surface area contributed by atoms with E-state index in [2.05, 4.69) is 15.2 Å². The number of aryl methyl sites for hydroxylation is 1. The molecular formula is C13H12N4O. The Hall–Kier alpha value is -2.43. The topological polar surface area (TPSA) is 52.8 Å². The highest BCUT2D eigenvalue weighted by atomic mass is 16.5. The third-order valence-electron chi connectivity index (χ3n) is 2.84. The van der Waals surface area contributed by atoms with Crippen molar-refractivity contribution in [1.82, 2.24) is 20.0 Å². The van der Waals surface area contributed by atoms with Gasteiger partial charge in [0.1, 0.15) is 5.75 Å². The van der Waals surface area contributed by atoms with Gasteiger partial charge in [0.15, 0.2) is 5.82 Å². The minimum atomic E-state index is 0.707. The van der Waals surface area contributed by atoms with Crippen LogP contribution < -0.4 is 4.74 Å². The van der Waals surface area contributed by atoms with Crippen LogP contribution in [0, 0.1) is 6.92 Å². The fraction of sp³-hybridized carbons (Fsp3) is 0.154. The van der Waals surface area contributed by atoms with E-state index in [9.17, 15) is 0 Å². The molecule has 0 saturated heterocycles. The molecule has 5 nitrogen and oxygen atoms in total. The van der Waals surface area contributed by atoms with Gasteiger partial charge in [-0.3, -0.25) is 0 Å². The van der Waals surface area contributed by atoms with Gasteiger partial charge in [-0.05, 0) is 36.6 Å². The first kappa shape index (κ1) is 10.7. The maximum atomic E-state index is 5.23. The highest BCUT2D eigenvalue weighted by molar-refractivity contribution is 5.86. The minimum absolute atomic E-state index is 0.707. The molecule has 5 heteroatoms. The van der Waals surface area contributed by atoms with Crippen molar-refractivity contribution in [3.05, 3.63) is 42.4 Å². The monoisotopic (exact) mass is 240 g/mol. The van der Waals surface area contributed by atoms with Gasteiger partial charge in [-0.2, -0.15) is 10.2 Å². The number of benzene rings is 1. The molecule has 3 rings (SSSR count). The Morgan fingerprint density at radius 1 is 1.11 bits per heavy atom. The summed E-state index contributed by atoms with van der Waals surface area (Å²) in [6.45, 7) is 1.97. The lowest BCUT2D eigenvalue weighted by Crippen LogP contribution is -2.02. The molecule has 0 saturated carbocycles. The standard InChI is InChI=1S/C13H12N4O/c1-9-12-4-3-11(18-2)7-10(12)8-13(16-9)17-14-5-6-15-17/h3-8H,1-2H3. The summed E-state index contributed by atoms with van der Waals surface area (Å²) in [5, 5.41) is 10.3. The molecule has 0 aliphatic heterocycles. The van der Waals surface area contributed by atoms with Crippen molar-refractivity contribution in [2.45, 2.75) is 6.92 Å². The van der Waals surface area contributed by atoms with Crippen LogP contribution in [-0.4, -0.2) is 27.1 Å². The summed E-state index contributed by atoms with van der Waals surface area (Å²) in [4.78, 5) is 6.00. The molecule has 0 spiro atoms. The maximum absolute atomic E-state index is 5.23. The average molecular weight is 240 g/mol. The van der Waals surface area contributed by atoms with E-state index < -0.39 is 0 Å². The first-order chi connectivity index (χ1) is 8.78. The summed E-state index contributed by atoms with van der Waals surface area (Å²) < 4.78 is 5.23. The first-order valence-electron chi connectivity index (χ1n) is 5.60. The quantitative estimate of drug-likeness (QED) is 0.688. The van der Waals surface area contributed by atoms with E-state index in [1.165, 1.54) is 4.80 Å². The van der Waals surface area contributed by atoms with E-state index >= 15 is 0 Å². The molecule has 0 atom stereocenters. The van der Waals surface area contributed by atoms with E-state index in [4.69, 9.17) is 4.74 Å². The van der Waals surface area contributed by atoms with E-state index in [-0.39, 0.29) is 0 Å². The molecule has 0 aliphatic rings. The number of pyridine rings is 1. The molecule has 3 aromatic rings. The number of hydrogen-bond donors (Lipinski definition) is 0. The van der Waals surface area contributed by atoms with E-state index in [0.29, 0.717) is 5.82 Å². The molecule has 0 radical (unpaired) electrons. The van der Waals surface area contributed by atoms with Gasteiger partial charge < -0.3 is 4.74 Å². The zero-order valence-corrected chi connectivity index (χ0v) is 10.2. The van der Waals surface area contributed by atoms with Gasteiger partial charge in [0, 0.05) is 11.1 Å². The molecule has 0 unspecified atom stereocenters. The number of nitrogens with zero attached hydrogens (tertiary/aromatic N) is 4. The Morgan fingerprint density at radius 3 is 2.61 bits per heavy atom. The minimum Gasteiger partial charge on any atom is -0.497 e. The second-order valence-corrected chi connectivity index (χ2v) is 3.97. The number of ether oxygens (including phenoxy) is 1. The largest absolute Gasteiger partial charge is 0.497 e. The SMILES string of the molecule is COc1ccc2c(C)nc(-n3nccn3)cc2c1. The van der Waals surface area contributed by atoms with Gasteiger partial charge in [0.05, 0.1) is 19.5 Å². The first-order valence-corrected chi connectivity index (χ1v) is 5.60. The molecule has 90 valence electrons.